The average molecular weight is 345 g/mol. The molecule has 0 saturated heterocycles. The number of hydrogen-bond donors (Lipinski definition) is 2. The monoisotopic (exact) mass is 345 g/mol. The van der Waals surface area contributed by atoms with Gasteiger partial charge in [0.05, 0.1) is 11.0 Å². The molecule has 0 aliphatic rings. The number of carbonyl (C=O) groups excluding carboxylic acids is 1. The minimum absolute atomic E-state index is 0.0852. The summed E-state index contributed by atoms with van der Waals surface area (Å²) >= 11 is 0. The Morgan fingerprint density at radius 2 is 1.96 bits per heavy atom. The molecule has 3 aromatic heterocycles. The van der Waals surface area contributed by atoms with Gasteiger partial charge in [0.25, 0.3) is 11.5 Å². The quantitative estimate of drug-likeness (QED) is 0.592. The van der Waals surface area contributed by atoms with E-state index in [9.17, 15) is 9.59 Å². The number of nitrogens with zero attached hydrogens (tertiary/aromatic N) is 3. The van der Waals surface area contributed by atoms with Crippen molar-refractivity contribution in [2.45, 2.75) is 6.54 Å². The van der Waals surface area contributed by atoms with Crippen LogP contribution in [0.1, 0.15) is 15.9 Å². The van der Waals surface area contributed by atoms with Crippen molar-refractivity contribution >= 4 is 16.9 Å². The summed E-state index contributed by atoms with van der Waals surface area (Å²) in [5, 5.41) is 2.72. The van der Waals surface area contributed by atoms with Gasteiger partial charge >= 0.3 is 0 Å². The van der Waals surface area contributed by atoms with Crippen LogP contribution in [-0.4, -0.2) is 25.4 Å². The average Bonchev–Trinajstić information content (AvgIpc) is 3.11. The molecule has 7 heteroatoms. The van der Waals surface area contributed by atoms with Crippen molar-refractivity contribution in [1.29, 1.82) is 0 Å². The SMILES string of the molecule is O=C(NCc1ccc(-n2cnc3ccccc32)nc1)c1ccc[nH]c1=O. The number of nitrogens with one attached hydrogen (secondary N) is 2. The van der Waals surface area contributed by atoms with E-state index in [1.165, 1.54) is 12.3 Å². The summed E-state index contributed by atoms with van der Waals surface area (Å²) in [6.45, 7) is 0.283. The molecule has 0 atom stereocenters. The van der Waals surface area contributed by atoms with Crippen LogP contribution in [0.15, 0.2) is 72.0 Å². The number of amides is 1. The van der Waals surface area contributed by atoms with Crippen LogP contribution in [0.4, 0.5) is 0 Å². The third kappa shape index (κ3) is 2.98. The lowest BCUT2D eigenvalue weighted by atomic mass is 10.2. The summed E-state index contributed by atoms with van der Waals surface area (Å²) < 4.78 is 1.90. The molecule has 0 saturated carbocycles. The minimum Gasteiger partial charge on any atom is -0.348 e. The Balaban J connectivity index is 1.49. The van der Waals surface area contributed by atoms with Gasteiger partial charge in [-0.25, -0.2) is 9.97 Å². The number of benzene rings is 1. The lowest BCUT2D eigenvalue weighted by Crippen LogP contribution is -2.28. The Hall–Kier alpha value is -3.74. The van der Waals surface area contributed by atoms with Crippen LogP contribution in [0.5, 0.6) is 0 Å². The smallest absolute Gasteiger partial charge is 0.260 e. The van der Waals surface area contributed by atoms with E-state index in [2.05, 4.69) is 20.3 Å². The number of hydrogen-bond acceptors (Lipinski definition) is 4. The van der Waals surface area contributed by atoms with E-state index in [1.807, 2.05) is 41.0 Å². The molecule has 3 heterocycles. The molecule has 0 radical (unpaired) electrons. The first-order valence-corrected chi connectivity index (χ1v) is 8.06. The molecule has 0 spiro atoms. The first kappa shape index (κ1) is 15.8. The normalized spacial score (nSPS) is 10.8. The zero-order chi connectivity index (χ0) is 17.9. The van der Waals surface area contributed by atoms with E-state index in [1.54, 1.807) is 18.6 Å². The van der Waals surface area contributed by atoms with Crippen LogP contribution in [0.2, 0.25) is 0 Å². The van der Waals surface area contributed by atoms with E-state index in [0.717, 1.165) is 22.4 Å². The van der Waals surface area contributed by atoms with Gasteiger partial charge in [0.2, 0.25) is 0 Å². The third-order valence-electron chi connectivity index (χ3n) is 4.03. The van der Waals surface area contributed by atoms with Gasteiger partial charge in [-0.1, -0.05) is 18.2 Å². The number of imidazole rings is 1. The van der Waals surface area contributed by atoms with Gasteiger partial charge in [-0.15, -0.1) is 0 Å². The zero-order valence-electron chi connectivity index (χ0n) is 13.7. The molecule has 128 valence electrons. The maximum absolute atomic E-state index is 12.1. The first-order valence-electron chi connectivity index (χ1n) is 8.06. The predicted octanol–water partition coefficient (Wildman–Crippen LogP) is 2.04. The zero-order valence-corrected chi connectivity index (χ0v) is 13.7. The number of H-pyrrole nitrogens is 1. The van der Waals surface area contributed by atoms with Crippen molar-refractivity contribution in [2.24, 2.45) is 0 Å². The van der Waals surface area contributed by atoms with E-state index in [0.29, 0.717) is 0 Å². The number of para-hydroxylation sites is 2. The van der Waals surface area contributed by atoms with Crippen molar-refractivity contribution < 1.29 is 4.79 Å². The largest absolute Gasteiger partial charge is 0.348 e. The second-order valence-electron chi connectivity index (χ2n) is 5.72. The van der Waals surface area contributed by atoms with Gasteiger partial charge in [-0.05, 0) is 35.9 Å². The van der Waals surface area contributed by atoms with Crippen LogP contribution >= 0.6 is 0 Å². The number of aromatic nitrogens is 4. The maximum Gasteiger partial charge on any atom is 0.260 e. The van der Waals surface area contributed by atoms with Gasteiger partial charge < -0.3 is 10.3 Å². The molecule has 26 heavy (non-hydrogen) atoms. The van der Waals surface area contributed by atoms with E-state index in [4.69, 9.17) is 0 Å². The summed E-state index contributed by atoms with van der Waals surface area (Å²) in [4.78, 5) is 35.0. The van der Waals surface area contributed by atoms with Gasteiger partial charge in [0.1, 0.15) is 17.7 Å². The highest BCUT2D eigenvalue weighted by atomic mass is 16.2. The fourth-order valence-electron chi connectivity index (χ4n) is 2.68. The molecule has 0 bridgehead atoms. The van der Waals surface area contributed by atoms with Crippen molar-refractivity contribution in [2.75, 3.05) is 0 Å². The van der Waals surface area contributed by atoms with Crippen LogP contribution in [0, 0.1) is 0 Å². The van der Waals surface area contributed by atoms with Crippen LogP contribution in [0.25, 0.3) is 16.9 Å². The maximum atomic E-state index is 12.1. The van der Waals surface area contributed by atoms with Crippen molar-refractivity contribution in [3.8, 4) is 5.82 Å². The molecule has 1 amide bonds. The second-order valence-corrected chi connectivity index (χ2v) is 5.72. The topological polar surface area (TPSA) is 92.7 Å². The summed E-state index contributed by atoms with van der Waals surface area (Å²) in [7, 11) is 0. The molecule has 7 nitrogen and oxygen atoms in total. The Morgan fingerprint density at radius 1 is 1.08 bits per heavy atom. The summed E-state index contributed by atoms with van der Waals surface area (Å²) in [5.41, 5.74) is 2.38. The lowest BCUT2D eigenvalue weighted by molar-refractivity contribution is 0.0949. The third-order valence-corrected chi connectivity index (χ3v) is 4.03. The van der Waals surface area contributed by atoms with Crippen LogP contribution < -0.4 is 10.9 Å². The van der Waals surface area contributed by atoms with E-state index < -0.39 is 11.5 Å². The van der Waals surface area contributed by atoms with Gasteiger partial charge in [0.15, 0.2) is 0 Å². The number of carbonyl (C=O) groups is 1. The minimum atomic E-state index is -0.420. The molecule has 0 unspecified atom stereocenters. The summed E-state index contributed by atoms with van der Waals surface area (Å²) in [6, 6.07) is 14.7. The highest BCUT2D eigenvalue weighted by Gasteiger charge is 2.09. The molecule has 4 rings (SSSR count). The molecular formula is C19H15N5O2. The van der Waals surface area contributed by atoms with Gasteiger partial charge in [0, 0.05) is 18.9 Å². The number of aromatic amines is 1. The predicted molar refractivity (Wildman–Crippen MR) is 97.1 cm³/mol. The molecule has 0 aliphatic heterocycles. The summed E-state index contributed by atoms with van der Waals surface area (Å²) in [5.74, 6) is 0.324. The Bertz CT molecular complexity index is 1130. The highest BCUT2D eigenvalue weighted by Crippen LogP contribution is 2.16. The van der Waals surface area contributed by atoms with E-state index in [-0.39, 0.29) is 12.1 Å². The summed E-state index contributed by atoms with van der Waals surface area (Å²) in [6.07, 6.45) is 4.91. The second kappa shape index (κ2) is 6.64. The molecule has 0 aliphatic carbocycles. The lowest BCUT2D eigenvalue weighted by Gasteiger charge is -2.07. The first-order chi connectivity index (χ1) is 12.7. The van der Waals surface area contributed by atoms with Gasteiger partial charge in [-0.2, -0.15) is 0 Å². The number of rotatable bonds is 4. The number of fused-ring (bicyclic) bond motifs is 1. The highest BCUT2D eigenvalue weighted by molar-refractivity contribution is 5.93. The number of pyridine rings is 2. The van der Waals surface area contributed by atoms with Gasteiger partial charge in [-0.3, -0.25) is 14.2 Å². The van der Waals surface area contributed by atoms with Crippen LogP contribution in [0.3, 0.4) is 0 Å². The Morgan fingerprint density at radius 3 is 2.77 bits per heavy atom. The molecule has 4 aromatic rings. The fourth-order valence-corrected chi connectivity index (χ4v) is 2.68. The van der Waals surface area contributed by atoms with Crippen molar-refractivity contribution in [3.05, 3.63) is 88.7 Å². The Kier molecular flexibility index (Phi) is 4.03. The standard InChI is InChI=1S/C19H15N5O2/c25-18-14(4-3-9-20-18)19(26)22-11-13-7-8-17(21-10-13)24-12-23-15-5-1-2-6-16(15)24/h1-10,12H,11H2,(H,20,25)(H,22,26). The molecule has 1 aromatic carbocycles. The fraction of sp³-hybridized carbons (Fsp3) is 0.0526. The van der Waals surface area contributed by atoms with Crippen molar-refractivity contribution in [1.82, 2.24) is 24.8 Å². The van der Waals surface area contributed by atoms with Crippen LogP contribution in [-0.2, 0) is 6.54 Å². The Labute approximate surface area is 148 Å². The molecular weight excluding hydrogens is 330 g/mol. The van der Waals surface area contributed by atoms with E-state index >= 15 is 0 Å². The molecule has 2 N–H and O–H groups in total. The van der Waals surface area contributed by atoms with Crippen molar-refractivity contribution in [3.63, 3.8) is 0 Å². The molecule has 0 fully saturated rings.